The third-order valence-electron chi connectivity index (χ3n) is 7.89. The van der Waals surface area contributed by atoms with Gasteiger partial charge in [0.2, 0.25) is 0 Å². The fraction of sp³-hybridized carbons (Fsp3) is 0.556. The van der Waals surface area contributed by atoms with Crippen molar-refractivity contribution in [3.05, 3.63) is 59.7 Å². The van der Waals surface area contributed by atoms with Crippen LogP contribution >= 0.6 is 0 Å². The van der Waals surface area contributed by atoms with Crippen molar-refractivity contribution in [2.75, 3.05) is 39.4 Å². The van der Waals surface area contributed by atoms with Crippen LogP contribution in [0.15, 0.2) is 42.6 Å². The van der Waals surface area contributed by atoms with Crippen LogP contribution in [0.5, 0.6) is 0 Å². The molecule has 2 fully saturated rings. The van der Waals surface area contributed by atoms with Crippen LogP contribution in [0.1, 0.15) is 48.8 Å². The molecule has 2 saturated heterocycles. The molecule has 174 valence electrons. The van der Waals surface area contributed by atoms with E-state index in [0.717, 1.165) is 70.3 Å². The molecule has 3 aliphatic rings. The quantitative estimate of drug-likeness (QED) is 0.573. The average Bonchev–Trinajstić information content (AvgIpc) is 3.21. The van der Waals surface area contributed by atoms with Crippen molar-refractivity contribution in [1.29, 1.82) is 0 Å². The second-order valence-corrected chi connectivity index (χ2v) is 9.88. The molecule has 0 radical (unpaired) electrons. The number of fused-ring (bicyclic) bond motifs is 4. The molecule has 3 aromatic rings. The number of pyridine rings is 1. The number of hydrogen-bond acceptors (Lipinski definition) is 5. The number of aromatic nitrogens is 3. The zero-order valence-electron chi connectivity index (χ0n) is 19.5. The standard InChI is InChI=1S/C27H35N5O/c1-2-9-24-23(8-1)29-25(32(24)15-5-13-30-16-18-33-19-17-30)20-31-14-4-7-22-11-10-21-6-3-12-28-26(21)27(22)31/h1-3,6,8-9,12,22,27H,4-5,7,10-11,13-20H2/t22-,27-/m0/s1. The smallest absolute Gasteiger partial charge is 0.124 e. The summed E-state index contributed by atoms with van der Waals surface area (Å²) in [6, 6.07) is 13.5. The van der Waals surface area contributed by atoms with Crippen molar-refractivity contribution in [3.63, 3.8) is 0 Å². The van der Waals surface area contributed by atoms with Gasteiger partial charge in [-0.2, -0.15) is 0 Å². The lowest BCUT2D eigenvalue weighted by molar-refractivity contribution is 0.0368. The van der Waals surface area contributed by atoms with E-state index in [4.69, 9.17) is 14.7 Å². The number of ether oxygens (including phenoxy) is 1. The molecule has 6 nitrogen and oxygen atoms in total. The number of likely N-dealkylation sites (tertiary alicyclic amines) is 1. The topological polar surface area (TPSA) is 46.4 Å². The van der Waals surface area contributed by atoms with Crippen molar-refractivity contribution in [1.82, 2.24) is 24.3 Å². The van der Waals surface area contributed by atoms with Crippen LogP contribution in [0.3, 0.4) is 0 Å². The molecule has 6 rings (SSSR count). The van der Waals surface area contributed by atoms with E-state index in [2.05, 4.69) is 50.8 Å². The number of nitrogens with zero attached hydrogens (tertiary/aromatic N) is 5. The largest absolute Gasteiger partial charge is 0.379 e. The first-order valence-electron chi connectivity index (χ1n) is 12.8. The molecule has 0 spiro atoms. The molecule has 0 amide bonds. The molecule has 4 heterocycles. The summed E-state index contributed by atoms with van der Waals surface area (Å²) in [5.41, 5.74) is 5.16. The Morgan fingerprint density at radius 2 is 1.88 bits per heavy atom. The lowest BCUT2D eigenvalue weighted by Gasteiger charge is -2.44. The summed E-state index contributed by atoms with van der Waals surface area (Å²) >= 11 is 0. The summed E-state index contributed by atoms with van der Waals surface area (Å²) < 4.78 is 8.00. The second kappa shape index (κ2) is 9.53. The Labute approximate surface area is 196 Å². The van der Waals surface area contributed by atoms with Crippen LogP contribution < -0.4 is 0 Å². The lowest BCUT2D eigenvalue weighted by atomic mass is 9.77. The number of aryl methyl sites for hydroxylation is 2. The Hall–Kier alpha value is -2.28. The molecule has 1 aromatic carbocycles. The molecule has 33 heavy (non-hydrogen) atoms. The highest BCUT2D eigenvalue weighted by atomic mass is 16.5. The van der Waals surface area contributed by atoms with Crippen molar-refractivity contribution in [3.8, 4) is 0 Å². The van der Waals surface area contributed by atoms with Crippen molar-refractivity contribution in [2.24, 2.45) is 5.92 Å². The number of para-hydroxylation sites is 2. The summed E-state index contributed by atoms with van der Waals surface area (Å²) in [7, 11) is 0. The molecule has 0 bridgehead atoms. The van der Waals surface area contributed by atoms with E-state index < -0.39 is 0 Å². The Morgan fingerprint density at radius 1 is 0.970 bits per heavy atom. The van der Waals surface area contributed by atoms with Gasteiger partial charge in [-0.15, -0.1) is 0 Å². The zero-order valence-corrected chi connectivity index (χ0v) is 19.5. The third-order valence-corrected chi connectivity index (χ3v) is 7.89. The van der Waals surface area contributed by atoms with Gasteiger partial charge in [0.25, 0.3) is 0 Å². The minimum atomic E-state index is 0.435. The molecule has 0 saturated carbocycles. The first kappa shape index (κ1) is 21.3. The van der Waals surface area contributed by atoms with Gasteiger partial charge < -0.3 is 9.30 Å². The summed E-state index contributed by atoms with van der Waals surface area (Å²) in [6.45, 7) is 8.03. The lowest BCUT2D eigenvalue weighted by Crippen LogP contribution is -2.42. The summed E-state index contributed by atoms with van der Waals surface area (Å²) in [5, 5.41) is 0. The SMILES string of the molecule is c1cnc2c(c1)CC[C@@H]1CCCN(Cc3nc4ccccc4n3CCCN3CCOCC3)[C@H]21. The van der Waals surface area contributed by atoms with Gasteiger partial charge >= 0.3 is 0 Å². The first-order valence-corrected chi connectivity index (χ1v) is 12.8. The Kier molecular flexibility index (Phi) is 6.14. The first-order chi connectivity index (χ1) is 16.4. The maximum absolute atomic E-state index is 5.51. The van der Waals surface area contributed by atoms with E-state index in [1.807, 2.05) is 6.20 Å². The monoisotopic (exact) mass is 445 g/mol. The number of imidazole rings is 1. The molecule has 6 heteroatoms. The highest BCUT2D eigenvalue weighted by Gasteiger charge is 2.38. The molecule has 2 aromatic heterocycles. The molecule has 0 N–H and O–H groups in total. The van der Waals surface area contributed by atoms with E-state index in [0.29, 0.717) is 6.04 Å². The molecular formula is C27H35N5O. The van der Waals surface area contributed by atoms with Gasteiger partial charge in [0, 0.05) is 32.4 Å². The van der Waals surface area contributed by atoms with Crippen LogP contribution in [0.4, 0.5) is 0 Å². The molecular weight excluding hydrogens is 410 g/mol. The third kappa shape index (κ3) is 4.32. The van der Waals surface area contributed by atoms with E-state index in [1.165, 1.54) is 48.3 Å². The average molecular weight is 446 g/mol. The van der Waals surface area contributed by atoms with Crippen LogP contribution in [0, 0.1) is 5.92 Å². The van der Waals surface area contributed by atoms with Gasteiger partial charge in [0.15, 0.2) is 0 Å². The maximum atomic E-state index is 5.51. The van der Waals surface area contributed by atoms with Gasteiger partial charge in [0.1, 0.15) is 5.82 Å². The number of hydrogen-bond donors (Lipinski definition) is 0. The predicted molar refractivity (Wildman–Crippen MR) is 130 cm³/mol. The fourth-order valence-corrected chi connectivity index (χ4v) is 6.25. The highest BCUT2D eigenvalue weighted by molar-refractivity contribution is 5.75. The van der Waals surface area contributed by atoms with Gasteiger partial charge in [-0.3, -0.25) is 14.8 Å². The van der Waals surface area contributed by atoms with Crippen LogP contribution in [0.25, 0.3) is 11.0 Å². The highest BCUT2D eigenvalue weighted by Crippen LogP contribution is 2.43. The molecule has 2 atom stereocenters. The number of morpholine rings is 1. The van der Waals surface area contributed by atoms with Crippen LogP contribution in [0.2, 0.25) is 0 Å². The minimum Gasteiger partial charge on any atom is -0.379 e. The van der Waals surface area contributed by atoms with Crippen molar-refractivity contribution < 1.29 is 4.74 Å². The Morgan fingerprint density at radius 3 is 2.82 bits per heavy atom. The maximum Gasteiger partial charge on any atom is 0.124 e. The van der Waals surface area contributed by atoms with Gasteiger partial charge in [-0.1, -0.05) is 18.2 Å². The van der Waals surface area contributed by atoms with Gasteiger partial charge in [-0.25, -0.2) is 4.98 Å². The van der Waals surface area contributed by atoms with E-state index in [9.17, 15) is 0 Å². The number of rotatable bonds is 6. The van der Waals surface area contributed by atoms with E-state index in [1.54, 1.807) is 0 Å². The van der Waals surface area contributed by atoms with Gasteiger partial charge in [0.05, 0.1) is 42.5 Å². The van der Waals surface area contributed by atoms with Crippen LogP contribution in [-0.4, -0.2) is 63.7 Å². The number of benzene rings is 1. The molecule has 0 unspecified atom stereocenters. The van der Waals surface area contributed by atoms with E-state index >= 15 is 0 Å². The Balaban J connectivity index is 1.25. The summed E-state index contributed by atoms with van der Waals surface area (Å²) in [6.07, 6.45) is 8.19. The predicted octanol–water partition coefficient (Wildman–Crippen LogP) is 4.05. The Bertz CT molecular complexity index is 1090. The molecule has 1 aliphatic carbocycles. The zero-order chi connectivity index (χ0) is 22.0. The normalized spacial score (nSPS) is 24.0. The van der Waals surface area contributed by atoms with Crippen molar-refractivity contribution in [2.45, 2.75) is 51.2 Å². The number of piperidine rings is 1. The van der Waals surface area contributed by atoms with Crippen LogP contribution in [-0.2, 0) is 24.2 Å². The molecule has 2 aliphatic heterocycles. The minimum absolute atomic E-state index is 0.435. The summed E-state index contributed by atoms with van der Waals surface area (Å²) in [4.78, 5) is 15.2. The van der Waals surface area contributed by atoms with E-state index in [-0.39, 0.29) is 0 Å². The second-order valence-electron chi connectivity index (χ2n) is 9.88. The fourth-order valence-electron chi connectivity index (χ4n) is 6.25. The summed E-state index contributed by atoms with van der Waals surface area (Å²) in [5.74, 6) is 1.93. The van der Waals surface area contributed by atoms with Crippen molar-refractivity contribution >= 4 is 11.0 Å². The van der Waals surface area contributed by atoms with Gasteiger partial charge in [-0.05, 0) is 68.3 Å².